The molecule has 0 aliphatic rings. The molecule has 0 aliphatic carbocycles. The first kappa shape index (κ1) is 14.1. The smallest absolute Gasteiger partial charge is 0.170 e. The zero-order valence-corrected chi connectivity index (χ0v) is 12.0. The quantitative estimate of drug-likeness (QED) is 0.760. The van der Waals surface area contributed by atoms with Gasteiger partial charge in [0.2, 0.25) is 0 Å². The lowest BCUT2D eigenvalue weighted by Crippen LogP contribution is -2.08. The summed E-state index contributed by atoms with van der Waals surface area (Å²) < 4.78 is 11.2. The SMILES string of the molecule is COc1cccc(C=Nc2ccccc2)c1OC(C)C. The van der Waals surface area contributed by atoms with Crippen molar-refractivity contribution in [3.8, 4) is 11.5 Å². The van der Waals surface area contributed by atoms with Gasteiger partial charge in [0.05, 0.1) is 18.9 Å². The van der Waals surface area contributed by atoms with Crippen LogP contribution in [-0.2, 0) is 0 Å². The average molecular weight is 269 g/mol. The lowest BCUT2D eigenvalue weighted by Gasteiger charge is -2.15. The summed E-state index contributed by atoms with van der Waals surface area (Å²) in [4.78, 5) is 4.46. The molecule has 0 atom stereocenters. The van der Waals surface area contributed by atoms with E-state index in [1.54, 1.807) is 13.3 Å². The number of ether oxygens (including phenoxy) is 2. The molecule has 20 heavy (non-hydrogen) atoms. The molecule has 0 amide bonds. The summed E-state index contributed by atoms with van der Waals surface area (Å²) in [5.41, 5.74) is 1.81. The van der Waals surface area contributed by atoms with Crippen molar-refractivity contribution in [1.82, 2.24) is 0 Å². The van der Waals surface area contributed by atoms with Gasteiger partial charge in [0.1, 0.15) is 0 Å². The maximum absolute atomic E-state index is 5.84. The Hall–Kier alpha value is -2.29. The molecule has 0 aromatic heterocycles. The van der Waals surface area contributed by atoms with E-state index >= 15 is 0 Å². The fourth-order valence-electron chi connectivity index (χ4n) is 1.82. The van der Waals surface area contributed by atoms with Crippen LogP contribution in [0.5, 0.6) is 11.5 Å². The summed E-state index contributed by atoms with van der Waals surface area (Å²) in [6.07, 6.45) is 1.88. The largest absolute Gasteiger partial charge is 0.493 e. The number of hydrogen-bond acceptors (Lipinski definition) is 3. The van der Waals surface area contributed by atoms with Crippen LogP contribution >= 0.6 is 0 Å². The van der Waals surface area contributed by atoms with Gasteiger partial charge in [0.15, 0.2) is 11.5 Å². The summed E-state index contributed by atoms with van der Waals surface area (Å²) in [7, 11) is 1.64. The Morgan fingerprint density at radius 2 is 1.75 bits per heavy atom. The second kappa shape index (κ2) is 6.75. The normalized spacial score (nSPS) is 11.0. The summed E-state index contributed by atoms with van der Waals surface area (Å²) >= 11 is 0. The van der Waals surface area contributed by atoms with Gasteiger partial charge in [-0.15, -0.1) is 0 Å². The molecule has 3 heteroatoms. The summed E-state index contributed by atoms with van der Waals surface area (Å²) in [6, 6.07) is 15.6. The van der Waals surface area contributed by atoms with Gasteiger partial charge in [-0.2, -0.15) is 0 Å². The Kier molecular flexibility index (Phi) is 4.77. The van der Waals surface area contributed by atoms with Gasteiger partial charge in [-0.1, -0.05) is 24.3 Å². The van der Waals surface area contributed by atoms with Crippen LogP contribution in [0.3, 0.4) is 0 Å². The molecule has 0 fully saturated rings. The molecule has 0 unspecified atom stereocenters. The van der Waals surface area contributed by atoms with Gasteiger partial charge in [-0.25, -0.2) is 0 Å². The minimum Gasteiger partial charge on any atom is -0.493 e. The standard InChI is InChI=1S/C17H19NO2/c1-13(2)20-17-14(8-7-11-16(17)19-3)12-18-15-9-5-4-6-10-15/h4-13H,1-3H3. The number of methoxy groups -OCH3 is 1. The van der Waals surface area contributed by atoms with Crippen LogP contribution in [0.1, 0.15) is 19.4 Å². The van der Waals surface area contributed by atoms with Crippen LogP contribution in [-0.4, -0.2) is 19.4 Å². The summed E-state index contributed by atoms with van der Waals surface area (Å²) in [5, 5.41) is 0. The van der Waals surface area contributed by atoms with Gasteiger partial charge in [-0.3, -0.25) is 4.99 Å². The van der Waals surface area contributed by atoms with E-state index in [0.717, 1.165) is 22.7 Å². The summed E-state index contributed by atoms with van der Waals surface area (Å²) in [6.45, 7) is 3.98. The highest BCUT2D eigenvalue weighted by molar-refractivity contribution is 5.86. The maximum atomic E-state index is 5.84. The van der Waals surface area contributed by atoms with Crippen molar-refractivity contribution in [3.63, 3.8) is 0 Å². The van der Waals surface area contributed by atoms with Crippen molar-refractivity contribution >= 4 is 11.9 Å². The van der Waals surface area contributed by atoms with Crippen molar-refractivity contribution < 1.29 is 9.47 Å². The molecular weight excluding hydrogens is 250 g/mol. The van der Waals surface area contributed by atoms with Gasteiger partial charge in [0.25, 0.3) is 0 Å². The van der Waals surface area contributed by atoms with Crippen molar-refractivity contribution in [1.29, 1.82) is 0 Å². The molecule has 0 aliphatic heterocycles. The second-order valence-corrected chi connectivity index (χ2v) is 4.64. The molecule has 0 radical (unpaired) electrons. The molecule has 0 heterocycles. The molecule has 0 saturated heterocycles. The van der Waals surface area contributed by atoms with Crippen molar-refractivity contribution in [2.24, 2.45) is 4.99 Å². The second-order valence-electron chi connectivity index (χ2n) is 4.64. The first-order valence-electron chi connectivity index (χ1n) is 6.63. The van der Waals surface area contributed by atoms with E-state index in [1.807, 2.05) is 62.4 Å². The number of aliphatic imine (C=N–C) groups is 1. The molecule has 104 valence electrons. The molecular formula is C17H19NO2. The average Bonchev–Trinajstić information content (AvgIpc) is 2.46. The number of hydrogen-bond donors (Lipinski definition) is 0. The zero-order valence-electron chi connectivity index (χ0n) is 12.0. The van der Waals surface area contributed by atoms with Crippen LogP contribution in [0, 0.1) is 0 Å². The first-order valence-corrected chi connectivity index (χ1v) is 6.63. The summed E-state index contributed by atoms with van der Waals surface area (Å²) in [5.74, 6) is 1.44. The Bertz CT molecular complexity index is 577. The van der Waals surface area contributed by atoms with Crippen LogP contribution in [0.2, 0.25) is 0 Å². The van der Waals surface area contributed by atoms with Crippen LogP contribution in [0.4, 0.5) is 5.69 Å². The Morgan fingerprint density at radius 3 is 2.40 bits per heavy atom. The van der Waals surface area contributed by atoms with Crippen LogP contribution in [0.15, 0.2) is 53.5 Å². The fourth-order valence-corrected chi connectivity index (χ4v) is 1.82. The molecule has 0 spiro atoms. The van der Waals surface area contributed by atoms with E-state index in [-0.39, 0.29) is 6.10 Å². The highest BCUT2D eigenvalue weighted by Crippen LogP contribution is 2.31. The highest BCUT2D eigenvalue weighted by Gasteiger charge is 2.10. The van der Waals surface area contributed by atoms with Gasteiger partial charge in [0, 0.05) is 11.8 Å². The predicted molar refractivity (Wildman–Crippen MR) is 82.5 cm³/mol. The third kappa shape index (κ3) is 3.60. The molecule has 3 nitrogen and oxygen atoms in total. The van der Waals surface area contributed by atoms with Crippen molar-refractivity contribution in [2.75, 3.05) is 7.11 Å². The number of para-hydroxylation sites is 2. The van der Waals surface area contributed by atoms with Gasteiger partial charge in [-0.05, 0) is 38.1 Å². The van der Waals surface area contributed by atoms with Crippen molar-refractivity contribution in [2.45, 2.75) is 20.0 Å². The van der Waals surface area contributed by atoms with E-state index in [0.29, 0.717) is 0 Å². The molecule has 0 bridgehead atoms. The van der Waals surface area contributed by atoms with Gasteiger partial charge >= 0.3 is 0 Å². The minimum absolute atomic E-state index is 0.0789. The fraction of sp³-hybridized carbons (Fsp3) is 0.235. The van der Waals surface area contributed by atoms with Crippen molar-refractivity contribution in [3.05, 3.63) is 54.1 Å². The first-order chi connectivity index (χ1) is 9.70. The van der Waals surface area contributed by atoms with Crippen LogP contribution < -0.4 is 9.47 Å². The van der Waals surface area contributed by atoms with E-state index in [1.165, 1.54) is 0 Å². The number of rotatable bonds is 5. The molecule has 2 aromatic carbocycles. The molecule has 0 N–H and O–H groups in total. The lowest BCUT2D eigenvalue weighted by atomic mass is 10.2. The monoisotopic (exact) mass is 269 g/mol. The number of benzene rings is 2. The Labute approximate surface area is 119 Å². The number of nitrogens with zero attached hydrogens (tertiary/aromatic N) is 1. The van der Waals surface area contributed by atoms with E-state index in [9.17, 15) is 0 Å². The van der Waals surface area contributed by atoms with Crippen LogP contribution in [0.25, 0.3) is 0 Å². The maximum Gasteiger partial charge on any atom is 0.170 e. The Balaban J connectivity index is 2.33. The zero-order chi connectivity index (χ0) is 14.4. The van der Waals surface area contributed by atoms with E-state index in [4.69, 9.17) is 9.47 Å². The Morgan fingerprint density at radius 1 is 1.00 bits per heavy atom. The lowest BCUT2D eigenvalue weighted by molar-refractivity contribution is 0.230. The molecule has 2 aromatic rings. The third-order valence-corrected chi connectivity index (χ3v) is 2.69. The minimum atomic E-state index is 0.0789. The van der Waals surface area contributed by atoms with E-state index in [2.05, 4.69) is 4.99 Å². The predicted octanol–water partition coefficient (Wildman–Crippen LogP) is 4.23. The van der Waals surface area contributed by atoms with E-state index < -0.39 is 0 Å². The molecule has 2 rings (SSSR count). The third-order valence-electron chi connectivity index (χ3n) is 2.69. The molecule has 0 saturated carbocycles. The topological polar surface area (TPSA) is 30.8 Å². The highest BCUT2D eigenvalue weighted by atomic mass is 16.5. The van der Waals surface area contributed by atoms with Gasteiger partial charge < -0.3 is 9.47 Å².